The molecule has 3 atom stereocenters. The first-order valence-corrected chi connectivity index (χ1v) is 6.79. The number of aliphatic hydroxyl groups excluding tert-OH is 2. The van der Waals surface area contributed by atoms with Crippen LogP contribution >= 0.6 is 11.8 Å². The summed E-state index contributed by atoms with van der Waals surface area (Å²) >= 11 is 1.35. The zero-order chi connectivity index (χ0) is 13.3. The van der Waals surface area contributed by atoms with Crippen molar-refractivity contribution >= 4 is 11.8 Å². The molecule has 3 N–H and O–H groups in total. The second kappa shape index (κ2) is 5.29. The molecule has 7 heteroatoms. The molecular weight excluding hydrogens is 256 g/mol. The molecule has 18 heavy (non-hydrogen) atoms. The molecule has 0 aliphatic carbocycles. The van der Waals surface area contributed by atoms with Gasteiger partial charge in [0.25, 0.3) is 5.56 Å². The molecule has 1 saturated heterocycles. The van der Waals surface area contributed by atoms with Crippen molar-refractivity contribution in [3.05, 3.63) is 32.6 Å². The van der Waals surface area contributed by atoms with E-state index in [2.05, 4.69) is 4.98 Å². The van der Waals surface area contributed by atoms with E-state index < -0.39 is 11.8 Å². The summed E-state index contributed by atoms with van der Waals surface area (Å²) in [6, 6.07) is 0. The van der Waals surface area contributed by atoms with Gasteiger partial charge in [0.2, 0.25) is 0 Å². The molecule has 1 aromatic heterocycles. The summed E-state index contributed by atoms with van der Waals surface area (Å²) in [7, 11) is 0. The Hall–Kier alpha value is -1.05. The summed E-state index contributed by atoms with van der Waals surface area (Å²) in [5.74, 6) is 0. The van der Waals surface area contributed by atoms with E-state index in [9.17, 15) is 14.7 Å². The van der Waals surface area contributed by atoms with Crippen molar-refractivity contribution in [2.45, 2.75) is 36.5 Å². The Morgan fingerprint density at radius 1 is 1.56 bits per heavy atom. The van der Waals surface area contributed by atoms with E-state index in [0.29, 0.717) is 18.4 Å². The summed E-state index contributed by atoms with van der Waals surface area (Å²) in [5.41, 5.74) is -0.293. The molecule has 1 fully saturated rings. The zero-order valence-electron chi connectivity index (χ0n) is 10.00. The quantitative estimate of drug-likeness (QED) is 0.686. The van der Waals surface area contributed by atoms with Crippen LogP contribution < -0.4 is 11.2 Å². The van der Waals surface area contributed by atoms with Gasteiger partial charge >= 0.3 is 5.69 Å². The number of thioether (sulfide) groups is 1. The first-order valence-electron chi connectivity index (χ1n) is 5.85. The lowest BCUT2D eigenvalue weighted by Crippen LogP contribution is -2.32. The molecule has 1 aliphatic heterocycles. The fourth-order valence-electron chi connectivity index (χ4n) is 2.04. The van der Waals surface area contributed by atoms with Gasteiger partial charge < -0.3 is 10.2 Å². The summed E-state index contributed by atoms with van der Waals surface area (Å²) in [6.07, 6.45) is 1.85. The van der Waals surface area contributed by atoms with Gasteiger partial charge in [-0.15, -0.1) is 11.8 Å². The predicted molar refractivity (Wildman–Crippen MR) is 68.8 cm³/mol. The third kappa shape index (κ3) is 2.38. The minimum atomic E-state index is -0.631. The molecule has 1 aliphatic rings. The van der Waals surface area contributed by atoms with Gasteiger partial charge in [-0.25, -0.2) is 4.79 Å². The average Bonchev–Trinajstić information content (AvgIpc) is 2.70. The second-order valence-corrected chi connectivity index (χ2v) is 5.71. The van der Waals surface area contributed by atoms with Crippen LogP contribution in [-0.2, 0) is 6.42 Å². The van der Waals surface area contributed by atoms with Crippen LogP contribution in [0.4, 0.5) is 0 Å². The van der Waals surface area contributed by atoms with Gasteiger partial charge in [0.05, 0.1) is 23.3 Å². The lowest BCUT2D eigenvalue weighted by atomic mass is 10.2. The highest BCUT2D eigenvalue weighted by Gasteiger charge is 2.34. The molecule has 0 radical (unpaired) electrons. The lowest BCUT2D eigenvalue weighted by molar-refractivity contribution is 0.137. The Bertz CT molecular complexity index is 539. The number of aromatic nitrogens is 2. The van der Waals surface area contributed by atoms with E-state index in [1.165, 1.54) is 16.3 Å². The number of aliphatic hydroxyl groups is 2. The monoisotopic (exact) mass is 272 g/mol. The van der Waals surface area contributed by atoms with Crippen LogP contribution in [0.15, 0.2) is 15.8 Å². The SMILES string of the molecule is CCc1cn([C@@H]2CC(O)C(CO)S2)c(=O)[nH]c1=O. The Kier molecular flexibility index (Phi) is 3.94. The van der Waals surface area contributed by atoms with Crippen molar-refractivity contribution in [3.8, 4) is 0 Å². The highest BCUT2D eigenvalue weighted by molar-refractivity contribution is 8.00. The number of hydrogen-bond acceptors (Lipinski definition) is 5. The maximum atomic E-state index is 11.7. The number of H-pyrrole nitrogens is 1. The van der Waals surface area contributed by atoms with Crippen molar-refractivity contribution in [2.24, 2.45) is 0 Å². The minimum Gasteiger partial charge on any atom is -0.395 e. The molecule has 0 aromatic carbocycles. The van der Waals surface area contributed by atoms with Crippen LogP contribution in [0.25, 0.3) is 0 Å². The van der Waals surface area contributed by atoms with Crippen LogP contribution in [-0.4, -0.2) is 37.7 Å². The van der Waals surface area contributed by atoms with E-state index in [1.54, 1.807) is 6.20 Å². The van der Waals surface area contributed by atoms with Gasteiger partial charge in [-0.05, 0) is 6.42 Å². The van der Waals surface area contributed by atoms with Crippen molar-refractivity contribution in [1.29, 1.82) is 0 Å². The molecule has 6 nitrogen and oxygen atoms in total. The van der Waals surface area contributed by atoms with Crippen LogP contribution in [0.2, 0.25) is 0 Å². The number of aromatic amines is 1. The molecule has 0 bridgehead atoms. The molecule has 2 rings (SSSR count). The van der Waals surface area contributed by atoms with Gasteiger partial charge in [-0.1, -0.05) is 6.92 Å². The van der Waals surface area contributed by atoms with Gasteiger partial charge in [0.15, 0.2) is 0 Å². The van der Waals surface area contributed by atoms with Crippen molar-refractivity contribution < 1.29 is 10.2 Å². The summed E-state index contributed by atoms with van der Waals surface area (Å²) in [5, 5.41) is 18.3. The molecule has 0 amide bonds. The Balaban J connectivity index is 2.35. The van der Waals surface area contributed by atoms with E-state index in [4.69, 9.17) is 5.11 Å². The molecule has 1 aromatic rings. The standard InChI is InChI=1S/C11H16N2O4S/c1-2-6-4-13(11(17)12-10(6)16)9-3-7(15)8(5-14)18-9/h4,7-9,14-15H,2-3,5H2,1H3,(H,12,16,17)/t7?,8?,9-/m0/s1. The Morgan fingerprint density at radius 3 is 2.83 bits per heavy atom. The third-order valence-corrected chi connectivity index (χ3v) is 4.66. The fraction of sp³-hybridized carbons (Fsp3) is 0.636. The van der Waals surface area contributed by atoms with Gasteiger partial charge in [-0.2, -0.15) is 0 Å². The minimum absolute atomic E-state index is 0.124. The number of nitrogens with one attached hydrogen (secondary N) is 1. The lowest BCUT2D eigenvalue weighted by Gasteiger charge is -2.13. The van der Waals surface area contributed by atoms with Crippen LogP contribution in [0.5, 0.6) is 0 Å². The van der Waals surface area contributed by atoms with E-state index in [-0.39, 0.29) is 22.8 Å². The third-order valence-electron chi connectivity index (χ3n) is 3.12. The molecule has 2 heterocycles. The Labute approximate surface area is 108 Å². The molecule has 100 valence electrons. The molecular formula is C11H16N2O4S. The van der Waals surface area contributed by atoms with Crippen LogP contribution in [0.1, 0.15) is 24.3 Å². The Morgan fingerprint density at radius 2 is 2.28 bits per heavy atom. The molecule has 0 saturated carbocycles. The number of aryl methyl sites for hydroxylation is 1. The zero-order valence-corrected chi connectivity index (χ0v) is 10.8. The molecule has 2 unspecified atom stereocenters. The highest BCUT2D eigenvalue weighted by atomic mass is 32.2. The average molecular weight is 272 g/mol. The predicted octanol–water partition coefficient (Wildman–Crippen LogP) is -0.544. The van der Waals surface area contributed by atoms with Crippen molar-refractivity contribution in [1.82, 2.24) is 9.55 Å². The van der Waals surface area contributed by atoms with Crippen molar-refractivity contribution in [2.75, 3.05) is 6.61 Å². The van der Waals surface area contributed by atoms with Gasteiger partial charge in [0.1, 0.15) is 0 Å². The van der Waals surface area contributed by atoms with Gasteiger partial charge in [-0.3, -0.25) is 14.3 Å². The number of nitrogens with zero attached hydrogens (tertiary/aromatic N) is 1. The number of hydrogen-bond donors (Lipinski definition) is 3. The summed E-state index contributed by atoms with van der Waals surface area (Å²) < 4.78 is 1.43. The maximum absolute atomic E-state index is 11.7. The van der Waals surface area contributed by atoms with Crippen LogP contribution in [0.3, 0.4) is 0 Å². The second-order valence-electron chi connectivity index (χ2n) is 4.29. The van der Waals surface area contributed by atoms with E-state index >= 15 is 0 Å². The number of rotatable bonds is 3. The molecule has 0 spiro atoms. The van der Waals surface area contributed by atoms with Crippen molar-refractivity contribution in [3.63, 3.8) is 0 Å². The smallest absolute Gasteiger partial charge is 0.329 e. The summed E-state index contributed by atoms with van der Waals surface area (Å²) in [4.78, 5) is 25.5. The highest BCUT2D eigenvalue weighted by Crippen LogP contribution is 2.40. The first-order chi connectivity index (χ1) is 8.56. The van der Waals surface area contributed by atoms with Gasteiger partial charge in [0, 0.05) is 18.2 Å². The normalized spacial score (nSPS) is 27.6. The van der Waals surface area contributed by atoms with E-state index in [1.807, 2.05) is 6.92 Å². The topological polar surface area (TPSA) is 95.3 Å². The largest absolute Gasteiger partial charge is 0.395 e. The summed E-state index contributed by atoms with van der Waals surface area (Å²) in [6.45, 7) is 1.72. The maximum Gasteiger partial charge on any atom is 0.329 e. The van der Waals surface area contributed by atoms with E-state index in [0.717, 1.165) is 0 Å². The van der Waals surface area contributed by atoms with Crippen LogP contribution in [0, 0.1) is 0 Å². The first kappa shape index (κ1) is 13.4. The fourth-order valence-corrected chi connectivity index (χ4v) is 3.42.